The van der Waals surface area contributed by atoms with Gasteiger partial charge in [0.25, 0.3) is 0 Å². The molecule has 1 heterocycles. The third-order valence-corrected chi connectivity index (χ3v) is 3.91. The molecule has 1 aliphatic rings. The Hall–Kier alpha value is -1.29. The molecule has 0 saturated heterocycles. The monoisotopic (exact) mass is 249 g/mol. The molecule has 3 N–H and O–H groups in total. The summed E-state index contributed by atoms with van der Waals surface area (Å²) >= 11 is 0. The van der Waals surface area contributed by atoms with E-state index in [2.05, 4.69) is 15.6 Å². The fraction of sp³-hybridized carbons (Fsp3) is 0.643. The SMILES string of the molecule is CNCC1(CNC(=O)CCc2ccc[nH]2)CCC1. The van der Waals surface area contributed by atoms with Crippen LogP contribution in [0.25, 0.3) is 0 Å². The van der Waals surface area contributed by atoms with E-state index in [1.807, 2.05) is 25.4 Å². The smallest absolute Gasteiger partial charge is 0.220 e. The zero-order valence-electron chi connectivity index (χ0n) is 11.1. The van der Waals surface area contributed by atoms with Crippen LogP contribution in [0.4, 0.5) is 0 Å². The topological polar surface area (TPSA) is 56.9 Å². The maximum Gasteiger partial charge on any atom is 0.220 e. The lowest BCUT2D eigenvalue weighted by atomic mass is 9.68. The molecule has 0 atom stereocenters. The summed E-state index contributed by atoms with van der Waals surface area (Å²) in [5, 5.41) is 6.31. The van der Waals surface area contributed by atoms with Gasteiger partial charge in [0.1, 0.15) is 0 Å². The number of hydrogen-bond acceptors (Lipinski definition) is 2. The average molecular weight is 249 g/mol. The van der Waals surface area contributed by atoms with E-state index in [-0.39, 0.29) is 5.91 Å². The first kappa shape index (κ1) is 13.1. The molecule has 0 radical (unpaired) electrons. The minimum absolute atomic E-state index is 0.159. The fourth-order valence-corrected chi connectivity index (χ4v) is 2.61. The predicted molar refractivity (Wildman–Crippen MR) is 72.3 cm³/mol. The highest BCUT2D eigenvalue weighted by atomic mass is 16.1. The molecule has 1 aliphatic carbocycles. The van der Waals surface area contributed by atoms with Crippen molar-refractivity contribution in [2.75, 3.05) is 20.1 Å². The molecule has 1 fully saturated rings. The molecular formula is C14H23N3O. The number of carbonyl (C=O) groups is 1. The van der Waals surface area contributed by atoms with Crippen molar-refractivity contribution in [1.29, 1.82) is 0 Å². The van der Waals surface area contributed by atoms with E-state index in [1.54, 1.807) is 0 Å². The molecule has 100 valence electrons. The summed E-state index contributed by atoms with van der Waals surface area (Å²) in [7, 11) is 1.98. The number of rotatable bonds is 7. The summed E-state index contributed by atoms with van der Waals surface area (Å²) < 4.78 is 0. The highest BCUT2D eigenvalue weighted by molar-refractivity contribution is 5.76. The Morgan fingerprint density at radius 2 is 2.28 bits per heavy atom. The molecule has 0 spiro atoms. The van der Waals surface area contributed by atoms with Gasteiger partial charge in [-0.1, -0.05) is 6.42 Å². The molecule has 1 aromatic heterocycles. The summed E-state index contributed by atoms with van der Waals surface area (Å²) in [6, 6.07) is 3.98. The first-order valence-corrected chi connectivity index (χ1v) is 6.78. The van der Waals surface area contributed by atoms with Crippen LogP contribution in [0.2, 0.25) is 0 Å². The first-order valence-electron chi connectivity index (χ1n) is 6.78. The van der Waals surface area contributed by atoms with E-state index in [0.717, 1.165) is 25.2 Å². The van der Waals surface area contributed by atoms with Crippen molar-refractivity contribution in [2.45, 2.75) is 32.1 Å². The zero-order chi connectivity index (χ0) is 12.8. The van der Waals surface area contributed by atoms with Crippen LogP contribution in [0.3, 0.4) is 0 Å². The lowest BCUT2D eigenvalue weighted by Gasteiger charge is -2.42. The molecule has 0 unspecified atom stereocenters. The van der Waals surface area contributed by atoms with Gasteiger partial charge in [0.05, 0.1) is 0 Å². The van der Waals surface area contributed by atoms with E-state index in [0.29, 0.717) is 11.8 Å². The second-order valence-corrected chi connectivity index (χ2v) is 5.36. The molecular weight excluding hydrogens is 226 g/mol. The van der Waals surface area contributed by atoms with Crippen LogP contribution in [-0.4, -0.2) is 31.0 Å². The van der Waals surface area contributed by atoms with E-state index < -0.39 is 0 Å². The molecule has 0 aromatic carbocycles. The quantitative estimate of drug-likeness (QED) is 0.685. The molecule has 4 heteroatoms. The molecule has 18 heavy (non-hydrogen) atoms. The van der Waals surface area contributed by atoms with Crippen LogP contribution in [-0.2, 0) is 11.2 Å². The Bertz CT molecular complexity index is 368. The van der Waals surface area contributed by atoms with Crippen LogP contribution in [0, 0.1) is 5.41 Å². The van der Waals surface area contributed by atoms with Crippen molar-refractivity contribution < 1.29 is 4.79 Å². The van der Waals surface area contributed by atoms with Gasteiger partial charge in [-0.25, -0.2) is 0 Å². The van der Waals surface area contributed by atoms with E-state index in [1.165, 1.54) is 19.3 Å². The van der Waals surface area contributed by atoms with E-state index in [4.69, 9.17) is 0 Å². The minimum atomic E-state index is 0.159. The van der Waals surface area contributed by atoms with Crippen LogP contribution in [0.15, 0.2) is 18.3 Å². The van der Waals surface area contributed by atoms with Gasteiger partial charge in [-0.2, -0.15) is 0 Å². The Morgan fingerprint density at radius 1 is 1.44 bits per heavy atom. The number of H-pyrrole nitrogens is 1. The van der Waals surface area contributed by atoms with Gasteiger partial charge >= 0.3 is 0 Å². The Kier molecular flexibility index (Phi) is 4.42. The molecule has 1 aromatic rings. The number of aromatic amines is 1. The molecule has 0 bridgehead atoms. The van der Waals surface area contributed by atoms with Crippen molar-refractivity contribution in [1.82, 2.24) is 15.6 Å². The number of nitrogens with one attached hydrogen (secondary N) is 3. The third kappa shape index (κ3) is 3.35. The number of aromatic nitrogens is 1. The Morgan fingerprint density at radius 3 is 2.83 bits per heavy atom. The van der Waals surface area contributed by atoms with Gasteiger partial charge < -0.3 is 15.6 Å². The average Bonchev–Trinajstić information content (AvgIpc) is 2.82. The predicted octanol–water partition coefficient (Wildman–Crippen LogP) is 1.45. The van der Waals surface area contributed by atoms with Crippen molar-refractivity contribution in [2.24, 2.45) is 5.41 Å². The number of hydrogen-bond donors (Lipinski definition) is 3. The summed E-state index contributed by atoms with van der Waals surface area (Å²) in [5.41, 5.74) is 1.44. The van der Waals surface area contributed by atoms with Crippen molar-refractivity contribution >= 4 is 5.91 Å². The van der Waals surface area contributed by atoms with Crippen molar-refractivity contribution in [3.63, 3.8) is 0 Å². The molecule has 4 nitrogen and oxygen atoms in total. The van der Waals surface area contributed by atoms with Gasteiger partial charge in [-0.3, -0.25) is 4.79 Å². The molecule has 1 saturated carbocycles. The standard InChI is InChI=1S/C14H23N3O/c1-15-10-14(7-3-8-14)11-17-13(18)6-5-12-4-2-9-16-12/h2,4,9,15-16H,3,5-8,10-11H2,1H3,(H,17,18). The largest absolute Gasteiger partial charge is 0.365 e. The van der Waals surface area contributed by atoms with Gasteiger partial charge in [0.2, 0.25) is 5.91 Å². The lowest BCUT2D eigenvalue weighted by molar-refractivity contribution is -0.121. The van der Waals surface area contributed by atoms with E-state index in [9.17, 15) is 4.79 Å². The minimum Gasteiger partial charge on any atom is -0.365 e. The van der Waals surface area contributed by atoms with Crippen LogP contribution >= 0.6 is 0 Å². The second-order valence-electron chi connectivity index (χ2n) is 5.36. The highest BCUT2D eigenvalue weighted by Crippen LogP contribution is 2.39. The Labute approximate surface area is 109 Å². The maximum absolute atomic E-state index is 11.8. The van der Waals surface area contributed by atoms with Gasteiger partial charge in [0.15, 0.2) is 0 Å². The zero-order valence-corrected chi connectivity index (χ0v) is 11.1. The van der Waals surface area contributed by atoms with Crippen molar-refractivity contribution in [3.05, 3.63) is 24.0 Å². The van der Waals surface area contributed by atoms with E-state index >= 15 is 0 Å². The highest BCUT2D eigenvalue weighted by Gasteiger charge is 2.36. The second kappa shape index (κ2) is 6.05. The summed E-state index contributed by atoms with van der Waals surface area (Å²) in [4.78, 5) is 14.9. The van der Waals surface area contributed by atoms with Crippen LogP contribution < -0.4 is 10.6 Å². The molecule has 0 aliphatic heterocycles. The summed E-state index contributed by atoms with van der Waals surface area (Å²) in [6.07, 6.45) is 6.99. The molecule has 1 amide bonds. The number of amides is 1. The first-order chi connectivity index (χ1) is 8.74. The van der Waals surface area contributed by atoms with Crippen LogP contribution in [0.1, 0.15) is 31.4 Å². The van der Waals surface area contributed by atoms with Crippen LogP contribution in [0.5, 0.6) is 0 Å². The fourth-order valence-electron chi connectivity index (χ4n) is 2.61. The van der Waals surface area contributed by atoms with Crippen molar-refractivity contribution in [3.8, 4) is 0 Å². The Balaban J connectivity index is 1.68. The van der Waals surface area contributed by atoms with Gasteiger partial charge in [-0.15, -0.1) is 0 Å². The lowest BCUT2D eigenvalue weighted by Crippen LogP contribution is -2.47. The molecule has 2 rings (SSSR count). The number of aryl methyl sites for hydroxylation is 1. The normalized spacial score (nSPS) is 17.2. The maximum atomic E-state index is 11.8. The van der Waals surface area contributed by atoms with Gasteiger partial charge in [-0.05, 0) is 38.4 Å². The summed E-state index contributed by atoms with van der Waals surface area (Å²) in [5.74, 6) is 0.159. The number of carbonyl (C=O) groups excluding carboxylic acids is 1. The summed E-state index contributed by atoms with van der Waals surface area (Å²) in [6.45, 7) is 1.82. The third-order valence-electron chi connectivity index (χ3n) is 3.91. The van der Waals surface area contributed by atoms with Gasteiger partial charge in [0, 0.05) is 36.8 Å².